The van der Waals surface area contributed by atoms with Gasteiger partial charge in [-0.15, -0.1) is 17.5 Å². The Kier molecular flexibility index (Phi) is 4.56. The fourth-order valence-electron chi connectivity index (χ4n) is 4.16. The Morgan fingerprint density at radius 3 is 2.79 bits per heavy atom. The zero-order valence-electron chi connectivity index (χ0n) is 13.4. The molecule has 2 bridgehead atoms. The zero-order valence-corrected chi connectivity index (χ0v) is 14.2. The van der Waals surface area contributed by atoms with Gasteiger partial charge in [0.15, 0.2) is 5.82 Å². The lowest BCUT2D eigenvalue weighted by atomic mass is 9.84. The van der Waals surface area contributed by atoms with Crippen LogP contribution in [0.15, 0.2) is 24.3 Å². The van der Waals surface area contributed by atoms with E-state index in [0.717, 1.165) is 24.1 Å². The average molecular weight is 349 g/mol. The number of rotatable bonds is 3. The van der Waals surface area contributed by atoms with E-state index in [1.165, 1.54) is 6.42 Å². The maximum atomic E-state index is 12.6. The molecule has 2 saturated carbocycles. The normalized spacial score (nSPS) is 27.8. The highest BCUT2D eigenvalue weighted by Crippen LogP contribution is 2.47. The highest BCUT2D eigenvalue weighted by atomic mass is 35.5. The number of fused-ring (bicyclic) bond motifs is 2. The van der Waals surface area contributed by atoms with Crippen LogP contribution in [0.4, 0.5) is 5.69 Å². The molecule has 2 aliphatic carbocycles. The molecule has 7 nitrogen and oxygen atoms in total. The summed E-state index contributed by atoms with van der Waals surface area (Å²) in [4.78, 5) is 12.6. The van der Waals surface area contributed by atoms with E-state index in [1.807, 2.05) is 24.3 Å². The molecule has 2 fully saturated rings. The number of amides is 1. The highest BCUT2D eigenvalue weighted by molar-refractivity contribution is 5.94. The van der Waals surface area contributed by atoms with Crippen molar-refractivity contribution in [1.82, 2.24) is 20.2 Å². The van der Waals surface area contributed by atoms with E-state index in [2.05, 4.69) is 20.8 Å². The molecule has 2 aliphatic rings. The monoisotopic (exact) mass is 348 g/mol. The Hall–Kier alpha value is -1.99. The van der Waals surface area contributed by atoms with Gasteiger partial charge in [0.05, 0.1) is 5.92 Å². The summed E-state index contributed by atoms with van der Waals surface area (Å²) in [7, 11) is 1.79. The van der Waals surface area contributed by atoms with Crippen molar-refractivity contribution in [2.24, 2.45) is 30.5 Å². The first kappa shape index (κ1) is 16.9. The summed E-state index contributed by atoms with van der Waals surface area (Å²) in [5.41, 5.74) is 7.88. The molecule has 0 radical (unpaired) electrons. The molecule has 1 aromatic carbocycles. The van der Waals surface area contributed by atoms with Gasteiger partial charge in [-0.25, -0.2) is 4.68 Å². The molecule has 1 heterocycles. The van der Waals surface area contributed by atoms with Gasteiger partial charge in [-0.2, -0.15) is 0 Å². The number of carbonyl (C=O) groups is 1. The molecular formula is C16H21ClN6O. The maximum Gasteiger partial charge on any atom is 0.229 e. The number of hydrogen-bond donors (Lipinski definition) is 2. The predicted octanol–water partition coefficient (Wildman–Crippen LogP) is 1.61. The van der Waals surface area contributed by atoms with Crippen LogP contribution in [0.3, 0.4) is 0 Å². The second-order valence-corrected chi connectivity index (χ2v) is 6.63. The number of carbonyl (C=O) groups excluding carboxylic acids is 1. The molecule has 4 rings (SSSR count). The number of anilines is 1. The van der Waals surface area contributed by atoms with Gasteiger partial charge in [-0.1, -0.05) is 12.1 Å². The summed E-state index contributed by atoms with van der Waals surface area (Å²) in [5.74, 6) is 1.61. The first-order valence-corrected chi connectivity index (χ1v) is 8.02. The summed E-state index contributed by atoms with van der Waals surface area (Å²) >= 11 is 0. The lowest BCUT2D eigenvalue weighted by Gasteiger charge is -2.27. The van der Waals surface area contributed by atoms with Gasteiger partial charge in [-0.3, -0.25) is 4.79 Å². The molecule has 3 N–H and O–H groups in total. The first-order chi connectivity index (χ1) is 11.1. The van der Waals surface area contributed by atoms with Gasteiger partial charge in [0, 0.05) is 24.3 Å². The fourth-order valence-corrected chi connectivity index (χ4v) is 4.16. The largest absolute Gasteiger partial charge is 0.327 e. The Bertz CT molecular complexity index is 746. The number of tetrazole rings is 1. The summed E-state index contributed by atoms with van der Waals surface area (Å²) in [6, 6.07) is 7.58. The Balaban J connectivity index is 0.00000169. The maximum absolute atomic E-state index is 12.6. The standard InChI is InChI=1S/C16H20N6O.ClH/c1-22-15(19-20-21-22)11-3-2-4-12(8-11)18-16(23)13-9-5-6-10(7-9)14(13)17;/h2-4,8-10,13-14H,5-7,17H2,1H3,(H,18,23);1H. The molecule has 4 atom stereocenters. The molecule has 1 amide bonds. The lowest BCUT2D eigenvalue weighted by Crippen LogP contribution is -2.42. The molecule has 0 aliphatic heterocycles. The quantitative estimate of drug-likeness (QED) is 0.878. The SMILES string of the molecule is Cl.Cn1nnnc1-c1cccc(NC(=O)C2C3CCC(C3)C2N)c1. The van der Waals surface area contributed by atoms with Crippen molar-refractivity contribution in [3.05, 3.63) is 24.3 Å². The third-order valence-electron chi connectivity index (χ3n) is 5.29. The van der Waals surface area contributed by atoms with Crippen LogP contribution in [0.5, 0.6) is 0 Å². The molecule has 4 unspecified atom stereocenters. The molecule has 0 spiro atoms. The number of halogens is 1. The van der Waals surface area contributed by atoms with Crippen LogP contribution in [-0.2, 0) is 11.8 Å². The van der Waals surface area contributed by atoms with E-state index in [1.54, 1.807) is 11.7 Å². The van der Waals surface area contributed by atoms with Crippen molar-refractivity contribution in [3.63, 3.8) is 0 Å². The van der Waals surface area contributed by atoms with E-state index in [4.69, 9.17) is 5.73 Å². The van der Waals surface area contributed by atoms with Gasteiger partial charge in [-0.05, 0) is 53.7 Å². The number of aromatic nitrogens is 4. The van der Waals surface area contributed by atoms with Crippen LogP contribution in [0.2, 0.25) is 0 Å². The minimum atomic E-state index is -0.0612. The van der Waals surface area contributed by atoms with Crippen LogP contribution < -0.4 is 11.1 Å². The fraction of sp³-hybridized carbons (Fsp3) is 0.500. The number of nitrogens with two attached hydrogens (primary N) is 1. The summed E-state index contributed by atoms with van der Waals surface area (Å²) in [6.45, 7) is 0. The Labute approximate surface area is 146 Å². The second kappa shape index (κ2) is 6.49. The Morgan fingerprint density at radius 2 is 2.12 bits per heavy atom. The smallest absolute Gasteiger partial charge is 0.229 e. The van der Waals surface area contributed by atoms with Crippen LogP contribution in [0, 0.1) is 17.8 Å². The van der Waals surface area contributed by atoms with E-state index in [-0.39, 0.29) is 30.3 Å². The summed E-state index contributed by atoms with van der Waals surface area (Å²) < 4.78 is 1.60. The minimum absolute atomic E-state index is 0. The highest BCUT2D eigenvalue weighted by Gasteiger charge is 2.49. The third kappa shape index (κ3) is 2.78. The molecular weight excluding hydrogens is 328 g/mol. The molecule has 2 aromatic rings. The van der Waals surface area contributed by atoms with E-state index in [0.29, 0.717) is 17.7 Å². The van der Waals surface area contributed by atoms with Gasteiger partial charge in [0.1, 0.15) is 0 Å². The van der Waals surface area contributed by atoms with Crippen LogP contribution in [0.1, 0.15) is 19.3 Å². The van der Waals surface area contributed by atoms with E-state index >= 15 is 0 Å². The minimum Gasteiger partial charge on any atom is -0.327 e. The van der Waals surface area contributed by atoms with Crippen molar-refractivity contribution in [2.75, 3.05) is 5.32 Å². The van der Waals surface area contributed by atoms with Crippen molar-refractivity contribution >= 4 is 24.0 Å². The van der Waals surface area contributed by atoms with Gasteiger partial charge in [0.25, 0.3) is 0 Å². The first-order valence-electron chi connectivity index (χ1n) is 8.02. The molecule has 8 heteroatoms. The number of nitrogens with one attached hydrogen (secondary N) is 1. The zero-order chi connectivity index (χ0) is 16.0. The van der Waals surface area contributed by atoms with E-state index in [9.17, 15) is 4.79 Å². The number of nitrogens with zero attached hydrogens (tertiary/aromatic N) is 4. The van der Waals surface area contributed by atoms with Crippen molar-refractivity contribution < 1.29 is 4.79 Å². The van der Waals surface area contributed by atoms with Gasteiger partial charge < -0.3 is 11.1 Å². The average Bonchev–Trinajstić information content (AvgIpc) is 3.23. The second-order valence-electron chi connectivity index (χ2n) is 6.63. The van der Waals surface area contributed by atoms with Crippen molar-refractivity contribution in [2.45, 2.75) is 25.3 Å². The Morgan fingerprint density at radius 1 is 1.33 bits per heavy atom. The summed E-state index contributed by atoms with van der Waals surface area (Å²) in [6.07, 6.45) is 3.40. The van der Waals surface area contributed by atoms with Crippen LogP contribution in [-0.4, -0.2) is 32.2 Å². The molecule has 0 saturated heterocycles. The van der Waals surface area contributed by atoms with Crippen molar-refractivity contribution in [1.29, 1.82) is 0 Å². The number of aryl methyl sites for hydroxylation is 1. The number of benzene rings is 1. The summed E-state index contributed by atoms with van der Waals surface area (Å²) in [5, 5.41) is 14.5. The van der Waals surface area contributed by atoms with Crippen LogP contribution >= 0.6 is 12.4 Å². The molecule has 24 heavy (non-hydrogen) atoms. The number of hydrogen-bond acceptors (Lipinski definition) is 5. The van der Waals surface area contributed by atoms with Crippen LogP contribution in [0.25, 0.3) is 11.4 Å². The predicted molar refractivity (Wildman–Crippen MR) is 92.4 cm³/mol. The molecule has 128 valence electrons. The lowest BCUT2D eigenvalue weighted by molar-refractivity contribution is -0.121. The molecule has 1 aromatic heterocycles. The third-order valence-corrected chi connectivity index (χ3v) is 5.29. The van der Waals surface area contributed by atoms with E-state index < -0.39 is 0 Å². The van der Waals surface area contributed by atoms with Gasteiger partial charge in [0.2, 0.25) is 5.91 Å². The topological polar surface area (TPSA) is 98.7 Å². The van der Waals surface area contributed by atoms with Gasteiger partial charge >= 0.3 is 0 Å². The van der Waals surface area contributed by atoms with Crippen molar-refractivity contribution in [3.8, 4) is 11.4 Å².